The average Bonchev–Trinajstić information content (AvgIpc) is 2.33. The maximum absolute atomic E-state index is 5.50. The van der Waals surface area contributed by atoms with Gasteiger partial charge in [0.15, 0.2) is 0 Å². The predicted molar refractivity (Wildman–Crippen MR) is 57.0 cm³/mol. The Labute approximate surface area is 80.5 Å². The lowest BCUT2D eigenvalue weighted by molar-refractivity contribution is 0.326. The molecule has 0 saturated heterocycles. The van der Waals surface area contributed by atoms with E-state index in [-0.39, 0.29) is 0 Å². The third-order valence-corrected chi connectivity index (χ3v) is 3.49. The number of aromatic nitrogens is 2. The summed E-state index contributed by atoms with van der Waals surface area (Å²) in [4.78, 5) is 7.16. The molecule has 0 radical (unpaired) electrons. The summed E-state index contributed by atoms with van der Waals surface area (Å²) in [7, 11) is -0.967. The molecule has 0 aliphatic carbocycles. The fourth-order valence-corrected chi connectivity index (χ4v) is 1.65. The molecule has 1 heterocycles. The van der Waals surface area contributed by atoms with Crippen molar-refractivity contribution in [2.75, 3.05) is 6.61 Å². The summed E-state index contributed by atoms with van der Waals surface area (Å²) in [5, 5.41) is 0. The van der Waals surface area contributed by atoms with Crippen LogP contribution in [0.3, 0.4) is 0 Å². The Morgan fingerprint density at radius 3 is 2.62 bits per heavy atom. The molecule has 1 aromatic rings. The number of hydrogen-bond acceptors (Lipinski definition) is 2. The molecule has 1 N–H and O–H groups in total. The molecule has 0 unspecified atom stereocenters. The molecule has 13 heavy (non-hydrogen) atoms. The first-order valence-electron chi connectivity index (χ1n) is 4.62. The number of aromatic amines is 1. The van der Waals surface area contributed by atoms with Crippen molar-refractivity contribution in [2.45, 2.75) is 32.6 Å². The van der Waals surface area contributed by atoms with Crippen LogP contribution in [0, 0.1) is 6.92 Å². The van der Waals surface area contributed by atoms with E-state index >= 15 is 0 Å². The second-order valence-electron chi connectivity index (χ2n) is 4.48. The zero-order valence-electron chi connectivity index (χ0n) is 8.85. The molecule has 0 spiro atoms. The Morgan fingerprint density at radius 2 is 2.15 bits per heavy atom. The number of nitrogens with zero attached hydrogens (tertiary/aromatic N) is 1. The molecule has 0 amide bonds. The molecule has 0 saturated carbocycles. The molecule has 0 aliphatic heterocycles. The Kier molecular flexibility index (Phi) is 3.14. The summed E-state index contributed by atoms with van der Waals surface area (Å²) < 4.78 is 5.50. The van der Waals surface area contributed by atoms with Crippen LogP contribution in [0.25, 0.3) is 0 Å². The minimum absolute atomic E-state index is 0.718. The van der Waals surface area contributed by atoms with Crippen molar-refractivity contribution in [2.24, 2.45) is 0 Å². The maximum Gasteiger partial charge on any atom is 0.231 e. The number of rotatable bonds is 4. The van der Waals surface area contributed by atoms with Gasteiger partial charge < -0.3 is 9.72 Å². The first-order chi connectivity index (χ1) is 5.97. The van der Waals surface area contributed by atoms with Gasteiger partial charge in [0.25, 0.3) is 0 Å². The molecule has 0 bridgehead atoms. The van der Waals surface area contributed by atoms with E-state index in [4.69, 9.17) is 4.74 Å². The fraction of sp³-hybridized carbons (Fsp3) is 0.667. The van der Waals surface area contributed by atoms with E-state index in [9.17, 15) is 0 Å². The van der Waals surface area contributed by atoms with Gasteiger partial charge in [0.05, 0.1) is 12.8 Å². The summed E-state index contributed by atoms with van der Waals surface area (Å²) in [6.45, 7) is 9.73. The van der Waals surface area contributed by atoms with Gasteiger partial charge in [0.1, 0.15) is 5.82 Å². The number of ether oxygens (including phenoxy) is 1. The van der Waals surface area contributed by atoms with E-state index in [0.29, 0.717) is 0 Å². The van der Waals surface area contributed by atoms with Gasteiger partial charge in [-0.1, -0.05) is 19.6 Å². The van der Waals surface area contributed by atoms with Crippen LogP contribution in [-0.4, -0.2) is 24.6 Å². The van der Waals surface area contributed by atoms with Crippen molar-refractivity contribution in [1.29, 1.82) is 0 Å². The van der Waals surface area contributed by atoms with E-state index in [1.807, 2.05) is 6.92 Å². The SMILES string of the molecule is Cc1nc(OCC[Si](C)(C)C)c[nH]1. The zero-order chi connectivity index (χ0) is 9.90. The highest BCUT2D eigenvalue weighted by molar-refractivity contribution is 6.76. The molecular weight excluding hydrogens is 180 g/mol. The molecular formula is C9H18N2OSi. The van der Waals surface area contributed by atoms with Crippen LogP contribution in [-0.2, 0) is 0 Å². The summed E-state index contributed by atoms with van der Waals surface area (Å²) in [5.74, 6) is 1.62. The van der Waals surface area contributed by atoms with E-state index < -0.39 is 8.07 Å². The van der Waals surface area contributed by atoms with E-state index in [1.165, 1.54) is 6.04 Å². The first kappa shape index (κ1) is 10.3. The molecule has 0 aromatic carbocycles. The van der Waals surface area contributed by atoms with Crippen molar-refractivity contribution in [1.82, 2.24) is 9.97 Å². The Balaban J connectivity index is 2.28. The third-order valence-electron chi connectivity index (χ3n) is 1.78. The average molecular weight is 198 g/mol. The Bertz CT molecular complexity index is 265. The van der Waals surface area contributed by atoms with Crippen LogP contribution in [0.1, 0.15) is 5.82 Å². The molecule has 0 fully saturated rings. The molecule has 0 atom stereocenters. The number of nitrogens with one attached hydrogen (secondary N) is 1. The van der Waals surface area contributed by atoms with Crippen LogP contribution in [0.4, 0.5) is 0 Å². The van der Waals surface area contributed by atoms with Crippen LogP contribution < -0.4 is 4.74 Å². The number of aryl methyl sites for hydroxylation is 1. The highest BCUT2D eigenvalue weighted by atomic mass is 28.3. The lowest BCUT2D eigenvalue weighted by atomic mass is 10.7. The highest BCUT2D eigenvalue weighted by Crippen LogP contribution is 2.10. The first-order valence-corrected chi connectivity index (χ1v) is 8.33. The summed E-state index contributed by atoms with van der Waals surface area (Å²) in [6, 6.07) is 1.18. The zero-order valence-corrected chi connectivity index (χ0v) is 9.85. The van der Waals surface area contributed by atoms with Crippen molar-refractivity contribution < 1.29 is 4.74 Å². The molecule has 1 rings (SSSR count). The van der Waals surface area contributed by atoms with Gasteiger partial charge >= 0.3 is 0 Å². The number of H-pyrrole nitrogens is 1. The lowest BCUT2D eigenvalue weighted by Gasteiger charge is -2.14. The predicted octanol–water partition coefficient (Wildman–Crippen LogP) is 2.44. The number of imidazole rings is 1. The Morgan fingerprint density at radius 1 is 1.46 bits per heavy atom. The van der Waals surface area contributed by atoms with Crippen molar-refractivity contribution in [3.8, 4) is 5.88 Å². The van der Waals surface area contributed by atoms with Gasteiger partial charge in [-0.15, -0.1) is 0 Å². The summed E-state index contributed by atoms with van der Waals surface area (Å²) >= 11 is 0. The monoisotopic (exact) mass is 198 g/mol. The second-order valence-corrected chi connectivity index (χ2v) is 10.1. The largest absolute Gasteiger partial charge is 0.477 e. The topological polar surface area (TPSA) is 37.9 Å². The van der Waals surface area contributed by atoms with Crippen molar-refractivity contribution in [3.05, 3.63) is 12.0 Å². The van der Waals surface area contributed by atoms with Crippen molar-refractivity contribution in [3.63, 3.8) is 0 Å². The highest BCUT2D eigenvalue weighted by Gasteiger charge is 2.12. The van der Waals surface area contributed by atoms with Gasteiger partial charge in [0.2, 0.25) is 5.88 Å². The van der Waals surface area contributed by atoms with Crippen LogP contribution in [0.5, 0.6) is 5.88 Å². The van der Waals surface area contributed by atoms with Gasteiger partial charge in [-0.2, -0.15) is 4.98 Å². The minimum Gasteiger partial charge on any atom is -0.477 e. The number of hydrogen-bond donors (Lipinski definition) is 1. The lowest BCUT2D eigenvalue weighted by Crippen LogP contribution is -2.22. The van der Waals surface area contributed by atoms with Gasteiger partial charge in [-0.25, -0.2) is 0 Å². The minimum atomic E-state index is -0.967. The smallest absolute Gasteiger partial charge is 0.231 e. The summed E-state index contributed by atoms with van der Waals surface area (Å²) in [5.41, 5.74) is 0. The molecule has 3 nitrogen and oxygen atoms in total. The maximum atomic E-state index is 5.50. The fourth-order valence-electron chi connectivity index (χ4n) is 0.932. The Hall–Kier alpha value is -0.773. The van der Waals surface area contributed by atoms with Gasteiger partial charge in [-0.05, 0) is 13.0 Å². The molecule has 1 aromatic heterocycles. The standard InChI is InChI=1S/C9H18N2OSi/c1-8-10-7-9(11-8)12-5-6-13(2,3)4/h7H,5-6H2,1-4H3,(H,10,11). The van der Waals surface area contributed by atoms with E-state index in [1.54, 1.807) is 6.20 Å². The van der Waals surface area contributed by atoms with Crippen LogP contribution >= 0.6 is 0 Å². The van der Waals surface area contributed by atoms with Gasteiger partial charge in [-0.3, -0.25) is 0 Å². The third kappa shape index (κ3) is 4.12. The molecule has 74 valence electrons. The normalized spacial score (nSPS) is 11.7. The van der Waals surface area contributed by atoms with Crippen LogP contribution in [0.2, 0.25) is 25.7 Å². The molecule has 0 aliphatic rings. The quantitative estimate of drug-likeness (QED) is 0.755. The van der Waals surface area contributed by atoms with Crippen molar-refractivity contribution >= 4 is 8.07 Å². The van der Waals surface area contributed by atoms with E-state index in [0.717, 1.165) is 18.3 Å². The summed E-state index contributed by atoms with van der Waals surface area (Å²) in [6.07, 6.45) is 1.81. The van der Waals surface area contributed by atoms with E-state index in [2.05, 4.69) is 29.6 Å². The van der Waals surface area contributed by atoms with Gasteiger partial charge in [0, 0.05) is 8.07 Å². The second kappa shape index (κ2) is 3.96. The van der Waals surface area contributed by atoms with Crippen LogP contribution in [0.15, 0.2) is 6.20 Å². The molecule has 4 heteroatoms.